The molecule has 5 rings (SSSR count). The number of halogens is 6. The lowest BCUT2D eigenvalue weighted by molar-refractivity contribution is -0.143. The van der Waals surface area contributed by atoms with Crippen LogP contribution < -0.4 is 21.1 Å². The summed E-state index contributed by atoms with van der Waals surface area (Å²) in [7, 11) is 0. The van der Waals surface area contributed by atoms with Crippen molar-refractivity contribution in [1.29, 1.82) is 0 Å². The van der Waals surface area contributed by atoms with Gasteiger partial charge in [-0.05, 0) is 78.7 Å². The van der Waals surface area contributed by atoms with Gasteiger partial charge in [-0.2, -0.15) is 26.3 Å². The number of carbonyl (C=O) groups is 1. The van der Waals surface area contributed by atoms with Crippen LogP contribution in [0, 0.1) is 0 Å². The Hall–Kier alpha value is -5.40. The lowest BCUT2D eigenvalue weighted by atomic mass is 10.0. The molecular formula is C31H24F6N6O2. The first-order valence-electron chi connectivity index (χ1n) is 13.3. The Labute approximate surface area is 252 Å². The number of nitrogens with zero attached hydrogens (tertiary/aromatic N) is 3. The molecule has 0 aliphatic rings. The van der Waals surface area contributed by atoms with Gasteiger partial charge in [0.25, 0.3) is 5.91 Å². The largest absolute Gasteiger partial charge is 0.455 e. The van der Waals surface area contributed by atoms with Gasteiger partial charge in [-0.15, -0.1) is 0 Å². The van der Waals surface area contributed by atoms with E-state index in [1.165, 1.54) is 24.5 Å². The SMILES string of the molecule is CC(C)c1ccc2c(Nc3cc(NC(=O)c4cc(C(F)(F)F)cc(C(F)(F)F)c4)ccc3Oc3ccc(N)cc3)ncnc2n1. The number of rotatable bonds is 7. The van der Waals surface area contributed by atoms with Crippen molar-refractivity contribution in [1.82, 2.24) is 15.0 Å². The zero-order valence-electron chi connectivity index (χ0n) is 23.6. The third kappa shape index (κ3) is 7.22. The first-order valence-corrected chi connectivity index (χ1v) is 13.3. The van der Waals surface area contributed by atoms with Crippen molar-refractivity contribution in [2.45, 2.75) is 32.1 Å². The Balaban J connectivity index is 1.52. The lowest BCUT2D eigenvalue weighted by Crippen LogP contribution is -2.17. The Morgan fingerprint density at radius 2 is 1.51 bits per heavy atom. The van der Waals surface area contributed by atoms with Crippen molar-refractivity contribution in [3.05, 3.63) is 102 Å². The topological polar surface area (TPSA) is 115 Å². The van der Waals surface area contributed by atoms with E-state index in [-0.39, 0.29) is 29.1 Å². The van der Waals surface area contributed by atoms with Gasteiger partial charge in [0.15, 0.2) is 11.4 Å². The number of anilines is 4. The number of amides is 1. The van der Waals surface area contributed by atoms with Gasteiger partial charge in [-0.3, -0.25) is 4.79 Å². The van der Waals surface area contributed by atoms with E-state index in [1.807, 2.05) is 19.9 Å². The van der Waals surface area contributed by atoms with Crippen LogP contribution in [0.1, 0.15) is 46.9 Å². The maximum Gasteiger partial charge on any atom is 0.416 e. The molecule has 5 aromatic rings. The first-order chi connectivity index (χ1) is 21.2. The van der Waals surface area contributed by atoms with Crippen molar-refractivity contribution in [2.75, 3.05) is 16.4 Å². The van der Waals surface area contributed by atoms with Crippen molar-refractivity contribution in [3.8, 4) is 11.5 Å². The number of hydrogen-bond acceptors (Lipinski definition) is 7. The maximum absolute atomic E-state index is 13.4. The molecule has 0 aliphatic carbocycles. The molecule has 8 nitrogen and oxygen atoms in total. The molecule has 0 saturated heterocycles. The van der Waals surface area contributed by atoms with Crippen molar-refractivity contribution in [3.63, 3.8) is 0 Å². The van der Waals surface area contributed by atoms with Crippen molar-refractivity contribution in [2.24, 2.45) is 0 Å². The molecule has 1 amide bonds. The van der Waals surface area contributed by atoms with E-state index in [9.17, 15) is 31.1 Å². The van der Waals surface area contributed by atoms with Gasteiger partial charge in [0.05, 0.1) is 22.2 Å². The lowest BCUT2D eigenvalue weighted by Gasteiger charge is -2.17. The van der Waals surface area contributed by atoms with Crippen LogP contribution in [0.3, 0.4) is 0 Å². The van der Waals surface area contributed by atoms with Crippen LogP contribution in [0.15, 0.2) is 79.1 Å². The quantitative estimate of drug-likeness (QED) is 0.122. The smallest absolute Gasteiger partial charge is 0.416 e. The summed E-state index contributed by atoms with van der Waals surface area (Å²) < 4.78 is 86.2. The van der Waals surface area contributed by atoms with Gasteiger partial charge >= 0.3 is 12.4 Å². The molecule has 0 radical (unpaired) electrons. The molecule has 0 spiro atoms. The summed E-state index contributed by atoms with van der Waals surface area (Å²) in [5.41, 5.74) is 3.72. The second-order valence-electron chi connectivity index (χ2n) is 10.2. The molecule has 4 N–H and O–H groups in total. The van der Waals surface area contributed by atoms with Crippen LogP contribution in [0.4, 0.5) is 49.2 Å². The van der Waals surface area contributed by atoms with Gasteiger partial charge in [0.2, 0.25) is 0 Å². The molecule has 14 heteroatoms. The Morgan fingerprint density at radius 3 is 2.13 bits per heavy atom. The zero-order chi connectivity index (χ0) is 32.5. The van der Waals surface area contributed by atoms with E-state index in [1.54, 1.807) is 30.3 Å². The number of carbonyl (C=O) groups excluding carboxylic acids is 1. The summed E-state index contributed by atoms with van der Waals surface area (Å²) in [6.07, 6.45) is -8.92. The van der Waals surface area contributed by atoms with Crippen LogP contribution in [0.5, 0.6) is 11.5 Å². The molecule has 3 aromatic carbocycles. The van der Waals surface area contributed by atoms with Gasteiger partial charge in [0, 0.05) is 22.6 Å². The number of pyridine rings is 1. The minimum absolute atomic E-state index is 0.0386. The van der Waals surface area contributed by atoms with E-state index in [0.717, 1.165) is 5.69 Å². The Kier molecular flexibility index (Phi) is 8.24. The Morgan fingerprint density at radius 1 is 0.844 bits per heavy atom. The highest BCUT2D eigenvalue weighted by Crippen LogP contribution is 2.38. The summed E-state index contributed by atoms with van der Waals surface area (Å²) in [6, 6.07) is 15.0. The average Bonchev–Trinajstić information content (AvgIpc) is 2.98. The van der Waals surface area contributed by atoms with Crippen LogP contribution in [0.2, 0.25) is 0 Å². The first kappa shape index (κ1) is 31.0. The highest BCUT2D eigenvalue weighted by Gasteiger charge is 2.37. The fourth-order valence-electron chi connectivity index (χ4n) is 4.25. The number of fused-ring (bicyclic) bond motifs is 1. The van der Waals surface area contributed by atoms with Crippen LogP contribution in [-0.4, -0.2) is 20.9 Å². The number of nitrogen functional groups attached to an aromatic ring is 1. The van der Waals surface area contributed by atoms with Gasteiger partial charge in [-0.25, -0.2) is 15.0 Å². The summed E-state index contributed by atoms with van der Waals surface area (Å²) >= 11 is 0. The number of benzene rings is 3. The Bertz CT molecular complexity index is 1840. The molecular weight excluding hydrogens is 602 g/mol. The molecule has 0 aliphatic heterocycles. The standard InChI is InChI=1S/C31H24F6N6O2/c1-16(2)24-9-8-23-27(42-24)39-15-40-28(23)43-25-14-21(5-10-26(25)45-22-6-3-20(38)4-7-22)41-29(44)17-11-18(30(32,33)34)13-19(12-17)31(35,36)37/h3-16H,38H2,1-2H3,(H,41,44)(H,39,40,42,43). The third-order valence-electron chi connectivity index (χ3n) is 6.56. The molecule has 0 fully saturated rings. The van der Waals surface area contributed by atoms with Gasteiger partial charge < -0.3 is 21.1 Å². The fourth-order valence-corrected chi connectivity index (χ4v) is 4.25. The monoisotopic (exact) mass is 626 g/mol. The number of alkyl halides is 6. The second kappa shape index (κ2) is 11.9. The summed E-state index contributed by atoms with van der Waals surface area (Å²) in [6.45, 7) is 3.97. The molecule has 0 bridgehead atoms. The molecule has 232 valence electrons. The van der Waals surface area contributed by atoms with Crippen LogP contribution in [-0.2, 0) is 12.4 Å². The number of aromatic nitrogens is 3. The van der Waals surface area contributed by atoms with Gasteiger partial charge in [0.1, 0.15) is 17.9 Å². The van der Waals surface area contributed by atoms with E-state index in [0.29, 0.717) is 40.4 Å². The van der Waals surface area contributed by atoms with Crippen molar-refractivity contribution >= 4 is 39.8 Å². The van der Waals surface area contributed by atoms with Gasteiger partial charge in [-0.1, -0.05) is 13.8 Å². The molecule has 2 aromatic heterocycles. The fraction of sp³-hybridized carbons (Fsp3) is 0.161. The molecule has 0 unspecified atom stereocenters. The number of ether oxygens (including phenoxy) is 1. The molecule has 0 saturated carbocycles. The summed E-state index contributed by atoms with van der Waals surface area (Å²) in [5.74, 6) is -0.0769. The predicted molar refractivity (Wildman–Crippen MR) is 156 cm³/mol. The second-order valence-corrected chi connectivity index (χ2v) is 10.2. The van der Waals surface area contributed by atoms with Crippen LogP contribution in [0.25, 0.3) is 11.0 Å². The number of nitrogens with one attached hydrogen (secondary N) is 2. The third-order valence-corrected chi connectivity index (χ3v) is 6.56. The van der Waals surface area contributed by atoms with Crippen molar-refractivity contribution < 1.29 is 35.9 Å². The van der Waals surface area contributed by atoms with E-state index < -0.39 is 35.0 Å². The minimum Gasteiger partial charge on any atom is -0.455 e. The summed E-state index contributed by atoms with van der Waals surface area (Å²) in [4.78, 5) is 26.1. The highest BCUT2D eigenvalue weighted by molar-refractivity contribution is 6.05. The average molecular weight is 627 g/mol. The normalized spacial score (nSPS) is 11.9. The minimum atomic E-state index is -5.11. The number of hydrogen-bond donors (Lipinski definition) is 3. The summed E-state index contributed by atoms with van der Waals surface area (Å²) in [5, 5.41) is 6.04. The highest BCUT2D eigenvalue weighted by atomic mass is 19.4. The van der Waals surface area contributed by atoms with E-state index in [2.05, 4.69) is 25.6 Å². The zero-order valence-corrected chi connectivity index (χ0v) is 23.6. The number of nitrogens with two attached hydrogens (primary N) is 1. The predicted octanol–water partition coefficient (Wildman–Crippen LogP) is 8.56. The van der Waals surface area contributed by atoms with E-state index >= 15 is 0 Å². The molecule has 0 atom stereocenters. The molecule has 45 heavy (non-hydrogen) atoms. The maximum atomic E-state index is 13.4. The molecule has 2 heterocycles. The van der Waals surface area contributed by atoms with E-state index in [4.69, 9.17) is 10.5 Å². The van der Waals surface area contributed by atoms with Crippen LogP contribution >= 0.6 is 0 Å².